The molecule has 0 saturated heterocycles. The molecule has 1 N–H and O–H groups in total. The van der Waals surface area contributed by atoms with Gasteiger partial charge in [0.25, 0.3) is 0 Å². The summed E-state index contributed by atoms with van der Waals surface area (Å²) in [6.45, 7) is 3.43. The number of benzene rings is 1. The molecule has 0 aliphatic rings. The van der Waals surface area contributed by atoms with Crippen molar-refractivity contribution in [2.45, 2.75) is 31.1 Å². The molecule has 19 heavy (non-hydrogen) atoms. The molecule has 0 amide bonds. The van der Waals surface area contributed by atoms with E-state index in [4.69, 9.17) is 9.47 Å². The van der Waals surface area contributed by atoms with Gasteiger partial charge >= 0.3 is 0 Å². The van der Waals surface area contributed by atoms with Gasteiger partial charge in [-0.3, -0.25) is 0 Å². The Balaban J connectivity index is 3.01. The average Bonchev–Trinajstić information content (AvgIpc) is 2.33. The van der Waals surface area contributed by atoms with Crippen molar-refractivity contribution in [3.05, 3.63) is 28.2 Å². The van der Waals surface area contributed by atoms with Gasteiger partial charge in [-0.2, -0.15) is 0 Å². The Hall–Kier alpha value is -0.470. The number of halogens is 1. The number of rotatable bonds is 6. The first-order valence-electron chi connectivity index (χ1n) is 5.66. The largest absolute Gasteiger partial charge is 0.354 e. The first-order chi connectivity index (χ1) is 8.81. The SMILES string of the molecule is COC(OC)C(C)NS(=O)(=O)c1cc(Br)ccc1C. The van der Waals surface area contributed by atoms with Crippen molar-refractivity contribution in [1.82, 2.24) is 4.72 Å². The lowest BCUT2D eigenvalue weighted by Crippen LogP contribution is -2.43. The van der Waals surface area contributed by atoms with Crippen molar-refractivity contribution in [2.24, 2.45) is 0 Å². The minimum absolute atomic E-state index is 0.236. The lowest BCUT2D eigenvalue weighted by Gasteiger charge is -2.22. The van der Waals surface area contributed by atoms with Crippen LogP contribution in [-0.4, -0.2) is 35.0 Å². The Labute approximate surface area is 122 Å². The molecule has 0 saturated carbocycles. The van der Waals surface area contributed by atoms with Gasteiger partial charge in [0, 0.05) is 18.7 Å². The highest BCUT2D eigenvalue weighted by Crippen LogP contribution is 2.21. The Bertz CT molecular complexity index is 529. The lowest BCUT2D eigenvalue weighted by molar-refractivity contribution is -0.115. The van der Waals surface area contributed by atoms with Crippen LogP contribution in [-0.2, 0) is 19.5 Å². The summed E-state index contributed by atoms with van der Waals surface area (Å²) in [6, 6.07) is 4.61. The lowest BCUT2D eigenvalue weighted by atomic mass is 10.2. The molecule has 0 aliphatic heterocycles. The molecule has 108 valence electrons. The highest BCUT2D eigenvalue weighted by molar-refractivity contribution is 9.10. The standard InChI is InChI=1S/C12H18BrNO4S/c1-8-5-6-10(13)7-11(8)19(15,16)14-9(2)12(17-3)18-4/h5-7,9,12,14H,1-4H3. The van der Waals surface area contributed by atoms with Crippen molar-refractivity contribution in [3.8, 4) is 0 Å². The third-order valence-corrected chi connectivity index (χ3v) is 4.85. The van der Waals surface area contributed by atoms with Crippen molar-refractivity contribution < 1.29 is 17.9 Å². The summed E-state index contributed by atoms with van der Waals surface area (Å²) in [5.74, 6) is 0. The maximum absolute atomic E-state index is 12.3. The van der Waals surface area contributed by atoms with Crippen LogP contribution in [0.2, 0.25) is 0 Å². The Morgan fingerprint density at radius 3 is 2.37 bits per heavy atom. The fourth-order valence-corrected chi connectivity index (χ4v) is 3.75. The molecule has 0 fully saturated rings. The van der Waals surface area contributed by atoms with E-state index in [2.05, 4.69) is 20.7 Å². The van der Waals surface area contributed by atoms with Gasteiger partial charge in [-0.1, -0.05) is 22.0 Å². The molecule has 7 heteroatoms. The first kappa shape index (κ1) is 16.6. The number of sulfonamides is 1. The summed E-state index contributed by atoms with van der Waals surface area (Å²) in [6.07, 6.45) is -0.637. The third-order valence-electron chi connectivity index (χ3n) is 2.65. The van der Waals surface area contributed by atoms with E-state index in [-0.39, 0.29) is 4.90 Å². The zero-order valence-electron chi connectivity index (χ0n) is 11.3. The summed E-state index contributed by atoms with van der Waals surface area (Å²) in [7, 11) is -0.695. The summed E-state index contributed by atoms with van der Waals surface area (Å²) in [5, 5.41) is 0. The second-order valence-electron chi connectivity index (χ2n) is 4.16. The van der Waals surface area contributed by atoms with Crippen LogP contribution in [0.5, 0.6) is 0 Å². The van der Waals surface area contributed by atoms with E-state index in [1.165, 1.54) is 14.2 Å². The fraction of sp³-hybridized carbons (Fsp3) is 0.500. The van der Waals surface area contributed by atoms with Crippen LogP contribution in [0.1, 0.15) is 12.5 Å². The number of nitrogens with one attached hydrogen (secondary N) is 1. The van der Waals surface area contributed by atoms with E-state index in [1.807, 2.05) is 0 Å². The molecule has 0 aromatic heterocycles. The smallest absolute Gasteiger partial charge is 0.241 e. The maximum atomic E-state index is 12.3. The van der Waals surface area contributed by atoms with Crippen LogP contribution in [0.25, 0.3) is 0 Å². The molecule has 1 aromatic rings. The minimum atomic E-state index is -3.62. The molecular weight excluding hydrogens is 334 g/mol. The van der Waals surface area contributed by atoms with Crippen LogP contribution in [0.4, 0.5) is 0 Å². The van der Waals surface area contributed by atoms with Crippen molar-refractivity contribution in [3.63, 3.8) is 0 Å². The van der Waals surface area contributed by atoms with Gasteiger partial charge in [-0.25, -0.2) is 13.1 Å². The van der Waals surface area contributed by atoms with Crippen LogP contribution < -0.4 is 4.72 Å². The predicted molar refractivity (Wildman–Crippen MR) is 76.5 cm³/mol. The molecule has 0 bridgehead atoms. The molecular formula is C12H18BrNO4S. The first-order valence-corrected chi connectivity index (χ1v) is 7.93. The molecule has 1 atom stereocenters. The number of ether oxygens (including phenoxy) is 2. The molecule has 5 nitrogen and oxygen atoms in total. The van der Waals surface area contributed by atoms with Gasteiger partial charge in [0.15, 0.2) is 6.29 Å². The monoisotopic (exact) mass is 351 g/mol. The van der Waals surface area contributed by atoms with E-state index in [0.29, 0.717) is 10.0 Å². The van der Waals surface area contributed by atoms with Crippen LogP contribution in [0.3, 0.4) is 0 Å². The number of hydrogen-bond donors (Lipinski definition) is 1. The molecule has 0 spiro atoms. The normalized spacial score (nSPS) is 13.8. The second-order valence-corrected chi connectivity index (χ2v) is 6.76. The molecule has 0 radical (unpaired) electrons. The van der Waals surface area contributed by atoms with Crippen molar-refractivity contribution in [1.29, 1.82) is 0 Å². The predicted octanol–water partition coefficient (Wildman–Crippen LogP) is 2.04. The summed E-state index contributed by atoms with van der Waals surface area (Å²) in [4.78, 5) is 0.236. The second kappa shape index (κ2) is 6.81. The highest BCUT2D eigenvalue weighted by atomic mass is 79.9. The zero-order chi connectivity index (χ0) is 14.6. The van der Waals surface area contributed by atoms with Gasteiger partial charge in [0.05, 0.1) is 10.9 Å². The molecule has 0 heterocycles. The molecule has 1 rings (SSSR count). The van der Waals surface area contributed by atoms with E-state index in [1.54, 1.807) is 32.0 Å². The summed E-state index contributed by atoms with van der Waals surface area (Å²) >= 11 is 3.27. The van der Waals surface area contributed by atoms with Crippen molar-refractivity contribution in [2.75, 3.05) is 14.2 Å². The minimum Gasteiger partial charge on any atom is -0.354 e. The van der Waals surface area contributed by atoms with Gasteiger partial charge in [0.1, 0.15) is 0 Å². The zero-order valence-corrected chi connectivity index (χ0v) is 13.7. The third kappa shape index (κ3) is 4.25. The quantitative estimate of drug-likeness (QED) is 0.796. The molecule has 1 unspecified atom stereocenters. The van der Waals surface area contributed by atoms with E-state index < -0.39 is 22.4 Å². The number of methoxy groups -OCH3 is 2. The Morgan fingerprint density at radius 1 is 1.26 bits per heavy atom. The van der Waals surface area contributed by atoms with E-state index in [0.717, 1.165) is 0 Å². The average molecular weight is 352 g/mol. The van der Waals surface area contributed by atoms with E-state index >= 15 is 0 Å². The maximum Gasteiger partial charge on any atom is 0.241 e. The van der Waals surface area contributed by atoms with Crippen LogP contribution in [0, 0.1) is 6.92 Å². The fourth-order valence-electron chi connectivity index (χ4n) is 1.73. The van der Waals surface area contributed by atoms with Gasteiger partial charge in [0.2, 0.25) is 10.0 Å². The van der Waals surface area contributed by atoms with Crippen LogP contribution in [0.15, 0.2) is 27.6 Å². The summed E-state index contributed by atoms with van der Waals surface area (Å²) in [5.41, 5.74) is 0.675. The summed E-state index contributed by atoms with van der Waals surface area (Å²) < 4.78 is 37.9. The molecule has 0 aliphatic carbocycles. The number of aryl methyl sites for hydroxylation is 1. The number of hydrogen-bond acceptors (Lipinski definition) is 4. The van der Waals surface area contributed by atoms with Gasteiger partial charge in [-0.05, 0) is 31.5 Å². The van der Waals surface area contributed by atoms with Gasteiger partial charge in [-0.15, -0.1) is 0 Å². The molecule has 1 aromatic carbocycles. The topological polar surface area (TPSA) is 64.6 Å². The Kier molecular flexibility index (Phi) is 5.94. The van der Waals surface area contributed by atoms with Crippen LogP contribution >= 0.6 is 15.9 Å². The van der Waals surface area contributed by atoms with E-state index in [9.17, 15) is 8.42 Å². The highest BCUT2D eigenvalue weighted by Gasteiger charge is 2.24. The van der Waals surface area contributed by atoms with Crippen molar-refractivity contribution >= 4 is 26.0 Å². The Morgan fingerprint density at radius 2 is 1.84 bits per heavy atom. The van der Waals surface area contributed by atoms with Gasteiger partial charge < -0.3 is 9.47 Å².